The number of nitrogens with zero attached hydrogens (tertiary/aromatic N) is 2. The Kier molecular flexibility index (Phi) is 5.89. The predicted molar refractivity (Wildman–Crippen MR) is 90.3 cm³/mol. The highest BCUT2D eigenvalue weighted by Gasteiger charge is 2.17. The van der Waals surface area contributed by atoms with Crippen LogP contribution < -0.4 is 10.2 Å². The third-order valence-electron chi connectivity index (χ3n) is 3.42. The van der Waals surface area contributed by atoms with Gasteiger partial charge in [0.25, 0.3) is 0 Å². The third-order valence-corrected chi connectivity index (χ3v) is 3.42. The minimum absolute atomic E-state index is 0.0875. The number of methoxy groups -OCH3 is 1. The third kappa shape index (κ3) is 4.90. The van der Waals surface area contributed by atoms with E-state index in [1.54, 1.807) is 37.3 Å². The summed E-state index contributed by atoms with van der Waals surface area (Å²) in [6.07, 6.45) is 0.0875. The maximum Gasteiger partial charge on any atom is 0.337 e. The van der Waals surface area contributed by atoms with Gasteiger partial charge in [-0.25, -0.2) is 4.79 Å². The molecule has 0 fully saturated rings. The van der Waals surface area contributed by atoms with E-state index in [0.717, 1.165) is 0 Å². The van der Waals surface area contributed by atoms with Crippen LogP contribution in [0.2, 0.25) is 0 Å². The van der Waals surface area contributed by atoms with Crippen molar-refractivity contribution >= 4 is 29.3 Å². The lowest BCUT2D eigenvalue weighted by atomic mass is 10.2. The number of anilines is 2. The second kappa shape index (κ2) is 8.09. The topological polar surface area (TPSA) is 102 Å². The summed E-state index contributed by atoms with van der Waals surface area (Å²) in [7, 11) is 1.30. The van der Waals surface area contributed by atoms with Gasteiger partial charge >= 0.3 is 5.97 Å². The number of aromatic nitrogens is 1. The molecular formula is C17H19N3O5. The molecule has 1 N–H and O–H groups in total. The van der Waals surface area contributed by atoms with Gasteiger partial charge in [0.1, 0.15) is 5.76 Å². The van der Waals surface area contributed by atoms with Gasteiger partial charge in [-0.15, -0.1) is 0 Å². The van der Waals surface area contributed by atoms with Crippen molar-refractivity contribution in [3.63, 3.8) is 0 Å². The van der Waals surface area contributed by atoms with E-state index in [2.05, 4.69) is 15.2 Å². The summed E-state index contributed by atoms with van der Waals surface area (Å²) >= 11 is 0. The number of benzene rings is 1. The maximum atomic E-state index is 12.1. The Morgan fingerprint density at radius 1 is 1.24 bits per heavy atom. The van der Waals surface area contributed by atoms with Crippen LogP contribution in [0.15, 0.2) is 34.9 Å². The van der Waals surface area contributed by atoms with Crippen LogP contribution in [-0.2, 0) is 14.3 Å². The van der Waals surface area contributed by atoms with E-state index in [4.69, 9.17) is 4.52 Å². The van der Waals surface area contributed by atoms with E-state index in [-0.39, 0.29) is 24.8 Å². The minimum atomic E-state index is -0.446. The number of hydrogen-bond donors (Lipinski definition) is 1. The number of aryl methyl sites for hydroxylation is 1. The Bertz CT molecular complexity index is 767. The minimum Gasteiger partial charge on any atom is -0.465 e. The van der Waals surface area contributed by atoms with Crippen molar-refractivity contribution in [2.75, 3.05) is 23.9 Å². The molecule has 0 spiro atoms. The number of hydrogen-bond acceptors (Lipinski definition) is 6. The van der Waals surface area contributed by atoms with Gasteiger partial charge in [-0.3, -0.25) is 14.5 Å². The van der Waals surface area contributed by atoms with Crippen LogP contribution in [0.4, 0.5) is 11.5 Å². The number of carbonyl (C=O) groups excluding carboxylic acids is 3. The second-order valence-electron chi connectivity index (χ2n) is 5.33. The molecular weight excluding hydrogens is 326 g/mol. The van der Waals surface area contributed by atoms with Crippen LogP contribution in [0.3, 0.4) is 0 Å². The molecule has 2 amide bonds. The summed E-state index contributed by atoms with van der Waals surface area (Å²) in [4.78, 5) is 36.5. The number of amides is 2. The molecule has 0 atom stereocenters. The van der Waals surface area contributed by atoms with Crippen molar-refractivity contribution in [1.29, 1.82) is 0 Å². The lowest BCUT2D eigenvalue weighted by molar-refractivity contribution is -0.117. The van der Waals surface area contributed by atoms with Crippen LogP contribution in [-0.4, -0.2) is 36.6 Å². The summed E-state index contributed by atoms with van der Waals surface area (Å²) in [6.45, 7) is 3.29. The standard InChI is InChI=1S/C17H19N3O5/c1-11-10-15(19-25-11)20(12(2)21)9-8-16(22)18-14-6-4-13(5-7-14)17(23)24-3/h4-7,10H,8-9H2,1-3H3,(H,18,22). The summed E-state index contributed by atoms with van der Waals surface area (Å²) in [5.74, 6) is 0.00956. The summed E-state index contributed by atoms with van der Waals surface area (Å²) in [5.41, 5.74) is 0.939. The number of carbonyl (C=O) groups is 3. The Balaban J connectivity index is 1.93. The van der Waals surface area contributed by atoms with Gasteiger partial charge in [0.05, 0.1) is 12.7 Å². The van der Waals surface area contributed by atoms with E-state index >= 15 is 0 Å². The molecule has 0 radical (unpaired) electrons. The Hall–Kier alpha value is -3.16. The van der Waals surface area contributed by atoms with Crippen LogP contribution in [0, 0.1) is 6.92 Å². The molecule has 8 heteroatoms. The highest BCUT2D eigenvalue weighted by Crippen LogP contribution is 2.15. The number of rotatable bonds is 6. The average Bonchev–Trinajstić information content (AvgIpc) is 3.00. The van der Waals surface area contributed by atoms with Gasteiger partial charge in [0, 0.05) is 31.6 Å². The van der Waals surface area contributed by atoms with Crippen molar-refractivity contribution in [3.05, 3.63) is 41.7 Å². The normalized spacial score (nSPS) is 10.2. The first-order valence-electron chi connectivity index (χ1n) is 7.60. The number of esters is 1. The van der Waals surface area contributed by atoms with Crippen LogP contribution in [0.5, 0.6) is 0 Å². The molecule has 0 saturated heterocycles. The second-order valence-corrected chi connectivity index (χ2v) is 5.33. The molecule has 25 heavy (non-hydrogen) atoms. The Labute approximate surface area is 144 Å². The van der Waals surface area contributed by atoms with Crippen molar-refractivity contribution in [2.45, 2.75) is 20.3 Å². The molecule has 1 aromatic carbocycles. The zero-order chi connectivity index (χ0) is 18.4. The van der Waals surface area contributed by atoms with Crippen LogP contribution in [0.25, 0.3) is 0 Å². The number of nitrogens with one attached hydrogen (secondary N) is 1. The van der Waals surface area contributed by atoms with Crippen LogP contribution >= 0.6 is 0 Å². The SMILES string of the molecule is COC(=O)c1ccc(NC(=O)CCN(C(C)=O)c2cc(C)on2)cc1. The molecule has 2 rings (SSSR count). The first-order valence-corrected chi connectivity index (χ1v) is 7.60. The summed E-state index contributed by atoms with van der Waals surface area (Å²) < 4.78 is 9.57. The smallest absolute Gasteiger partial charge is 0.337 e. The molecule has 0 saturated carbocycles. The Morgan fingerprint density at radius 2 is 1.92 bits per heavy atom. The summed E-state index contributed by atoms with van der Waals surface area (Å²) in [6, 6.07) is 7.95. The molecule has 1 heterocycles. The van der Waals surface area contributed by atoms with E-state index < -0.39 is 5.97 Å². The molecule has 0 aliphatic carbocycles. The van der Waals surface area contributed by atoms with E-state index in [9.17, 15) is 14.4 Å². The number of ether oxygens (including phenoxy) is 1. The molecule has 0 aliphatic rings. The Morgan fingerprint density at radius 3 is 2.44 bits per heavy atom. The average molecular weight is 345 g/mol. The fourth-order valence-electron chi connectivity index (χ4n) is 2.16. The fraction of sp³-hybridized carbons (Fsp3) is 0.294. The molecule has 2 aromatic rings. The highest BCUT2D eigenvalue weighted by molar-refractivity contribution is 5.95. The largest absolute Gasteiger partial charge is 0.465 e. The van der Waals surface area contributed by atoms with Crippen molar-refractivity contribution < 1.29 is 23.6 Å². The predicted octanol–water partition coefficient (Wildman–Crippen LogP) is 2.15. The van der Waals surface area contributed by atoms with Gasteiger partial charge in [0.2, 0.25) is 11.8 Å². The fourth-order valence-corrected chi connectivity index (χ4v) is 2.16. The summed E-state index contributed by atoms with van der Waals surface area (Å²) in [5, 5.41) is 6.49. The highest BCUT2D eigenvalue weighted by atomic mass is 16.5. The van der Waals surface area contributed by atoms with E-state index in [1.807, 2.05) is 0 Å². The van der Waals surface area contributed by atoms with Gasteiger partial charge in [-0.05, 0) is 31.2 Å². The van der Waals surface area contributed by atoms with Gasteiger partial charge < -0.3 is 14.6 Å². The van der Waals surface area contributed by atoms with E-state index in [1.165, 1.54) is 18.9 Å². The molecule has 0 bridgehead atoms. The van der Waals surface area contributed by atoms with Gasteiger partial charge in [-0.1, -0.05) is 5.16 Å². The van der Waals surface area contributed by atoms with Crippen LogP contribution in [0.1, 0.15) is 29.5 Å². The quantitative estimate of drug-likeness (QED) is 0.805. The molecule has 132 valence electrons. The zero-order valence-electron chi connectivity index (χ0n) is 14.2. The first kappa shape index (κ1) is 18.2. The maximum absolute atomic E-state index is 12.1. The zero-order valence-corrected chi connectivity index (χ0v) is 14.2. The van der Waals surface area contributed by atoms with Gasteiger partial charge in [0.15, 0.2) is 5.82 Å². The van der Waals surface area contributed by atoms with Crippen molar-refractivity contribution in [1.82, 2.24) is 5.16 Å². The lowest BCUT2D eigenvalue weighted by Crippen LogP contribution is -2.32. The van der Waals surface area contributed by atoms with E-state index in [0.29, 0.717) is 22.8 Å². The lowest BCUT2D eigenvalue weighted by Gasteiger charge is -2.17. The van der Waals surface area contributed by atoms with Crippen molar-refractivity contribution in [2.24, 2.45) is 0 Å². The van der Waals surface area contributed by atoms with Gasteiger partial charge in [-0.2, -0.15) is 0 Å². The molecule has 1 aromatic heterocycles. The monoisotopic (exact) mass is 345 g/mol. The van der Waals surface area contributed by atoms with Crippen molar-refractivity contribution in [3.8, 4) is 0 Å². The molecule has 0 unspecified atom stereocenters. The first-order chi connectivity index (χ1) is 11.9. The molecule has 0 aliphatic heterocycles. The molecule has 8 nitrogen and oxygen atoms in total.